The molecule has 0 aliphatic rings. The molecular weight excluding hydrogens is 446 g/mol. The molecule has 1 aromatic heterocycles. The largest absolute Gasteiger partial charge is 0.378 e. The monoisotopic (exact) mass is 473 g/mol. The van der Waals surface area contributed by atoms with Crippen LogP contribution in [0.1, 0.15) is 6.92 Å². The quantitative estimate of drug-likeness (QED) is 0.350. The SMILES string of the molecule is CCS(=O)(=O)c1cccc(Nc2cc(Nc3cccc(-c4ccc(N(C)C)cc4)c3)ncn2)c1. The van der Waals surface area contributed by atoms with E-state index in [0.717, 1.165) is 22.5 Å². The third-order valence-corrected chi connectivity index (χ3v) is 7.10. The molecule has 0 aliphatic carbocycles. The Balaban J connectivity index is 1.51. The predicted octanol–water partition coefficient (Wildman–Crippen LogP) is 5.49. The number of nitrogens with one attached hydrogen (secondary N) is 2. The van der Waals surface area contributed by atoms with Gasteiger partial charge in [0, 0.05) is 37.2 Å². The van der Waals surface area contributed by atoms with E-state index in [4.69, 9.17) is 0 Å². The van der Waals surface area contributed by atoms with Gasteiger partial charge in [-0.2, -0.15) is 0 Å². The third-order valence-electron chi connectivity index (χ3n) is 5.36. The zero-order chi connectivity index (χ0) is 24.1. The number of sulfone groups is 1. The van der Waals surface area contributed by atoms with E-state index in [0.29, 0.717) is 17.3 Å². The number of nitrogens with zero attached hydrogens (tertiary/aromatic N) is 3. The van der Waals surface area contributed by atoms with Gasteiger partial charge in [-0.05, 0) is 53.6 Å². The second-order valence-corrected chi connectivity index (χ2v) is 10.3. The van der Waals surface area contributed by atoms with Crippen molar-refractivity contribution in [1.29, 1.82) is 0 Å². The van der Waals surface area contributed by atoms with Crippen LogP contribution in [0.25, 0.3) is 11.1 Å². The predicted molar refractivity (Wildman–Crippen MR) is 139 cm³/mol. The Bertz CT molecular complexity index is 1390. The average molecular weight is 474 g/mol. The fourth-order valence-corrected chi connectivity index (χ4v) is 4.38. The molecule has 0 radical (unpaired) electrons. The second-order valence-electron chi connectivity index (χ2n) is 7.99. The molecule has 1 heterocycles. The molecule has 2 N–H and O–H groups in total. The molecule has 174 valence electrons. The van der Waals surface area contributed by atoms with Crippen LogP contribution in [-0.4, -0.2) is 38.2 Å². The first-order chi connectivity index (χ1) is 16.3. The summed E-state index contributed by atoms with van der Waals surface area (Å²) in [4.78, 5) is 10.9. The Morgan fingerprint density at radius 1 is 0.765 bits per heavy atom. The Labute approximate surface area is 200 Å². The zero-order valence-electron chi connectivity index (χ0n) is 19.4. The summed E-state index contributed by atoms with van der Waals surface area (Å²) >= 11 is 0. The van der Waals surface area contributed by atoms with Crippen LogP contribution < -0.4 is 15.5 Å². The van der Waals surface area contributed by atoms with Crippen LogP contribution in [0.4, 0.5) is 28.7 Å². The highest BCUT2D eigenvalue weighted by Gasteiger charge is 2.12. The second kappa shape index (κ2) is 9.93. The van der Waals surface area contributed by atoms with Gasteiger partial charge in [0.25, 0.3) is 0 Å². The van der Waals surface area contributed by atoms with Crippen LogP contribution in [0, 0.1) is 0 Å². The number of anilines is 5. The fraction of sp³-hybridized carbons (Fsp3) is 0.154. The van der Waals surface area contributed by atoms with Gasteiger partial charge in [0.1, 0.15) is 18.0 Å². The molecule has 0 unspecified atom stereocenters. The molecule has 0 spiro atoms. The first-order valence-corrected chi connectivity index (χ1v) is 12.6. The number of aromatic nitrogens is 2. The molecule has 34 heavy (non-hydrogen) atoms. The minimum absolute atomic E-state index is 0.0525. The molecule has 0 atom stereocenters. The Kier molecular flexibility index (Phi) is 6.79. The molecule has 4 aromatic rings. The Morgan fingerprint density at radius 3 is 2.00 bits per heavy atom. The normalized spacial score (nSPS) is 11.1. The summed E-state index contributed by atoms with van der Waals surface area (Å²) < 4.78 is 24.3. The van der Waals surface area contributed by atoms with Crippen molar-refractivity contribution in [3.8, 4) is 11.1 Å². The Hall–Kier alpha value is -3.91. The number of benzene rings is 3. The van der Waals surface area contributed by atoms with Crippen LogP contribution in [0.2, 0.25) is 0 Å². The molecule has 7 nitrogen and oxygen atoms in total. The van der Waals surface area contributed by atoms with E-state index in [1.54, 1.807) is 37.3 Å². The topological polar surface area (TPSA) is 87.2 Å². The van der Waals surface area contributed by atoms with Crippen LogP contribution >= 0.6 is 0 Å². The van der Waals surface area contributed by atoms with E-state index in [-0.39, 0.29) is 10.6 Å². The smallest absolute Gasteiger partial charge is 0.178 e. The first kappa shape index (κ1) is 23.3. The minimum Gasteiger partial charge on any atom is -0.378 e. The van der Waals surface area contributed by atoms with Crippen molar-refractivity contribution in [2.45, 2.75) is 11.8 Å². The summed E-state index contributed by atoms with van der Waals surface area (Å²) in [6.07, 6.45) is 1.46. The van der Waals surface area contributed by atoms with Crippen molar-refractivity contribution in [2.24, 2.45) is 0 Å². The highest BCUT2D eigenvalue weighted by molar-refractivity contribution is 7.91. The molecule has 8 heteroatoms. The molecular formula is C26H27N5O2S. The number of hydrogen-bond donors (Lipinski definition) is 2. The standard InChI is InChI=1S/C26H27N5O2S/c1-4-34(32,33)24-10-6-9-22(16-24)30-26-17-25(27-18-28-26)29-21-8-5-7-20(15-21)19-11-13-23(14-12-19)31(2)3/h5-18H,4H2,1-3H3,(H2,27,28,29,30). The summed E-state index contributed by atoms with van der Waals surface area (Å²) in [5.41, 5.74) is 4.91. The summed E-state index contributed by atoms with van der Waals surface area (Å²) in [5, 5.41) is 6.48. The third kappa shape index (κ3) is 5.52. The van der Waals surface area contributed by atoms with Gasteiger partial charge in [-0.15, -0.1) is 0 Å². The van der Waals surface area contributed by atoms with Crippen LogP contribution in [0.15, 0.2) is 90.1 Å². The van der Waals surface area contributed by atoms with Crippen molar-refractivity contribution < 1.29 is 8.42 Å². The summed E-state index contributed by atoms with van der Waals surface area (Å²) in [6, 6.07) is 25.0. The van der Waals surface area contributed by atoms with Gasteiger partial charge in [-0.3, -0.25) is 0 Å². The van der Waals surface area contributed by atoms with Gasteiger partial charge >= 0.3 is 0 Å². The zero-order valence-corrected chi connectivity index (χ0v) is 20.2. The van der Waals surface area contributed by atoms with Gasteiger partial charge in [0.05, 0.1) is 10.6 Å². The van der Waals surface area contributed by atoms with Crippen LogP contribution in [-0.2, 0) is 9.84 Å². The lowest BCUT2D eigenvalue weighted by atomic mass is 10.0. The Morgan fingerprint density at radius 2 is 1.38 bits per heavy atom. The summed E-state index contributed by atoms with van der Waals surface area (Å²) in [6.45, 7) is 1.63. The lowest BCUT2D eigenvalue weighted by Gasteiger charge is -2.13. The van der Waals surface area contributed by atoms with Gasteiger partial charge in [-0.1, -0.05) is 37.3 Å². The van der Waals surface area contributed by atoms with E-state index < -0.39 is 9.84 Å². The average Bonchev–Trinajstić information content (AvgIpc) is 2.85. The van der Waals surface area contributed by atoms with E-state index in [1.807, 2.05) is 26.2 Å². The van der Waals surface area contributed by atoms with E-state index in [9.17, 15) is 8.42 Å². The molecule has 0 saturated carbocycles. The van der Waals surface area contributed by atoms with E-state index >= 15 is 0 Å². The van der Waals surface area contributed by atoms with Gasteiger partial charge in [-0.25, -0.2) is 18.4 Å². The van der Waals surface area contributed by atoms with Gasteiger partial charge < -0.3 is 15.5 Å². The van der Waals surface area contributed by atoms with E-state index in [1.165, 1.54) is 6.33 Å². The molecule has 0 aliphatic heterocycles. The maximum atomic E-state index is 12.2. The maximum Gasteiger partial charge on any atom is 0.178 e. The van der Waals surface area contributed by atoms with Crippen molar-refractivity contribution in [3.63, 3.8) is 0 Å². The first-order valence-electron chi connectivity index (χ1n) is 10.9. The van der Waals surface area contributed by atoms with Crippen molar-refractivity contribution >= 4 is 38.5 Å². The molecule has 0 saturated heterocycles. The molecule has 0 bridgehead atoms. The highest BCUT2D eigenvalue weighted by atomic mass is 32.2. The van der Waals surface area contributed by atoms with Crippen molar-refractivity contribution in [3.05, 3.63) is 85.2 Å². The number of rotatable bonds is 8. The van der Waals surface area contributed by atoms with Gasteiger partial charge in [0.15, 0.2) is 9.84 Å². The van der Waals surface area contributed by atoms with Crippen molar-refractivity contribution in [2.75, 3.05) is 35.4 Å². The fourth-order valence-electron chi connectivity index (χ4n) is 3.45. The summed E-state index contributed by atoms with van der Waals surface area (Å²) in [5.74, 6) is 1.23. The number of hydrogen-bond acceptors (Lipinski definition) is 7. The van der Waals surface area contributed by atoms with Crippen LogP contribution in [0.5, 0.6) is 0 Å². The maximum absolute atomic E-state index is 12.2. The summed E-state index contributed by atoms with van der Waals surface area (Å²) in [7, 11) is 0.761. The molecule has 4 rings (SSSR count). The molecule has 0 fully saturated rings. The van der Waals surface area contributed by atoms with Gasteiger partial charge in [0.2, 0.25) is 0 Å². The highest BCUT2D eigenvalue weighted by Crippen LogP contribution is 2.27. The molecule has 3 aromatic carbocycles. The van der Waals surface area contributed by atoms with Crippen LogP contribution in [0.3, 0.4) is 0 Å². The molecule has 0 amide bonds. The van der Waals surface area contributed by atoms with E-state index in [2.05, 4.69) is 61.9 Å². The lowest BCUT2D eigenvalue weighted by Crippen LogP contribution is -2.07. The minimum atomic E-state index is -3.28. The van der Waals surface area contributed by atoms with Crippen molar-refractivity contribution in [1.82, 2.24) is 9.97 Å². The lowest BCUT2D eigenvalue weighted by molar-refractivity contribution is 0.597.